The Morgan fingerprint density at radius 2 is 2.00 bits per heavy atom. The van der Waals surface area contributed by atoms with Gasteiger partial charge in [0.25, 0.3) is 0 Å². The van der Waals surface area contributed by atoms with Crippen LogP contribution in [-0.2, 0) is 9.53 Å². The molecule has 0 aliphatic carbocycles. The first-order valence-electron chi connectivity index (χ1n) is 8.29. The summed E-state index contributed by atoms with van der Waals surface area (Å²) in [5.41, 5.74) is 3.09. The van der Waals surface area contributed by atoms with E-state index < -0.39 is 5.97 Å². The molecule has 0 unspecified atom stereocenters. The van der Waals surface area contributed by atoms with Crippen molar-refractivity contribution in [1.29, 1.82) is 0 Å². The number of imidazole rings is 1. The maximum Gasteiger partial charge on any atom is 0.337 e. The third kappa shape index (κ3) is 4.57. The van der Waals surface area contributed by atoms with E-state index in [9.17, 15) is 9.59 Å². The fraction of sp³-hybridized carbons (Fsp3) is 0.150. The number of hydrogen-bond donors (Lipinski definition) is 1. The molecule has 0 aliphatic rings. The second kappa shape index (κ2) is 8.55. The summed E-state index contributed by atoms with van der Waals surface area (Å²) in [5, 5.41) is 3.53. The van der Waals surface area contributed by atoms with Gasteiger partial charge in [0.15, 0.2) is 5.16 Å². The maximum atomic E-state index is 12.3. The lowest BCUT2D eigenvalue weighted by molar-refractivity contribution is -0.113. The van der Waals surface area contributed by atoms with Crippen molar-refractivity contribution >= 4 is 29.3 Å². The minimum Gasteiger partial charge on any atom is -0.465 e. The molecule has 138 valence electrons. The van der Waals surface area contributed by atoms with Crippen LogP contribution in [0.1, 0.15) is 15.9 Å². The molecular weight excluding hydrogens is 362 g/mol. The fourth-order valence-corrected chi connectivity index (χ4v) is 3.35. The minimum atomic E-state index is -0.444. The average molecular weight is 381 g/mol. The molecule has 0 saturated heterocycles. The number of nitrogens with one attached hydrogen (secondary N) is 1. The van der Waals surface area contributed by atoms with Gasteiger partial charge in [0, 0.05) is 18.1 Å². The fourth-order valence-electron chi connectivity index (χ4n) is 2.58. The van der Waals surface area contributed by atoms with Crippen LogP contribution in [0.3, 0.4) is 0 Å². The molecule has 6 nitrogen and oxygen atoms in total. The lowest BCUT2D eigenvalue weighted by Gasteiger charge is -2.10. The number of thioether (sulfide) groups is 1. The lowest BCUT2D eigenvalue weighted by Crippen LogP contribution is -2.15. The van der Waals surface area contributed by atoms with Crippen LogP contribution in [0, 0.1) is 6.92 Å². The monoisotopic (exact) mass is 381 g/mol. The van der Waals surface area contributed by atoms with Crippen LogP contribution in [0.15, 0.2) is 66.1 Å². The molecule has 1 N–H and O–H groups in total. The molecule has 1 aromatic heterocycles. The summed E-state index contributed by atoms with van der Waals surface area (Å²) >= 11 is 1.35. The summed E-state index contributed by atoms with van der Waals surface area (Å²) in [5.74, 6) is -0.423. The molecule has 0 fully saturated rings. The number of benzene rings is 2. The van der Waals surface area contributed by atoms with Gasteiger partial charge in [-0.05, 0) is 36.8 Å². The van der Waals surface area contributed by atoms with E-state index in [-0.39, 0.29) is 11.7 Å². The number of methoxy groups -OCH3 is 1. The summed E-state index contributed by atoms with van der Waals surface area (Å²) in [4.78, 5) is 28.2. The SMILES string of the molecule is COC(=O)c1cccc(NC(=O)CSc2nccn2-c2ccccc2C)c1. The molecule has 7 heteroatoms. The molecule has 0 atom stereocenters. The maximum absolute atomic E-state index is 12.3. The third-order valence-corrected chi connectivity index (χ3v) is 4.85. The number of aromatic nitrogens is 2. The van der Waals surface area contributed by atoms with Crippen molar-refractivity contribution < 1.29 is 14.3 Å². The Kier molecular flexibility index (Phi) is 5.93. The summed E-state index contributed by atoms with van der Waals surface area (Å²) in [6.45, 7) is 2.03. The summed E-state index contributed by atoms with van der Waals surface area (Å²) < 4.78 is 6.65. The summed E-state index contributed by atoms with van der Waals surface area (Å²) in [7, 11) is 1.32. The number of anilines is 1. The Labute approximate surface area is 161 Å². The highest BCUT2D eigenvalue weighted by atomic mass is 32.2. The van der Waals surface area contributed by atoms with Crippen LogP contribution in [0.2, 0.25) is 0 Å². The number of ether oxygens (including phenoxy) is 1. The first kappa shape index (κ1) is 18.7. The third-order valence-electron chi connectivity index (χ3n) is 3.88. The largest absolute Gasteiger partial charge is 0.465 e. The molecule has 27 heavy (non-hydrogen) atoms. The van der Waals surface area contributed by atoms with Crippen molar-refractivity contribution in [3.63, 3.8) is 0 Å². The van der Waals surface area contributed by atoms with Crippen molar-refractivity contribution in [3.05, 3.63) is 72.1 Å². The predicted octanol–water partition coefficient (Wildman–Crippen LogP) is 3.70. The van der Waals surface area contributed by atoms with E-state index in [1.54, 1.807) is 30.5 Å². The zero-order valence-corrected chi connectivity index (χ0v) is 15.8. The predicted molar refractivity (Wildman–Crippen MR) is 105 cm³/mol. The molecule has 0 aliphatic heterocycles. The summed E-state index contributed by atoms with van der Waals surface area (Å²) in [6, 6.07) is 14.6. The zero-order chi connectivity index (χ0) is 19.2. The van der Waals surface area contributed by atoms with Gasteiger partial charge in [-0.2, -0.15) is 0 Å². The van der Waals surface area contributed by atoms with Crippen LogP contribution in [0.4, 0.5) is 5.69 Å². The van der Waals surface area contributed by atoms with Gasteiger partial charge in [-0.1, -0.05) is 36.0 Å². The van der Waals surface area contributed by atoms with Crippen LogP contribution in [-0.4, -0.2) is 34.3 Å². The normalized spacial score (nSPS) is 10.4. The Hall–Kier alpha value is -3.06. The molecule has 0 radical (unpaired) electrons. The first-order chi connectivity index (χ1) is 13.1. The first-order valence-corrected chi connectivity index (χ1v) is 9.27. The Morgan fingerprint density at radius 3 is 2.78 bits per heavy atom. The second-order valence-corrected chi connectivity index (χ2v) is 6.72. The van der Waals surface area contributed by atoms with E-state index in [0.717, 1.165) is 16.4 Å². The Bertz CT molecular complexity index is 968. The quantitative estimate of drug-likeness (QED) is 0.521. The molecule has 3 rings (SSSR count). The zero-order valence-electron chi connectivity index (χ0n) is 15.0. The van der Waals surface area contributed by atoms with E-state index in [2.05, 4.69) is 10.3 Å². The second-order valence-electron chi connectivity index (χ2n) is 5.78. The topological polar surface area (TPSA) is 73.2 Å². The highest BCUT2D eigenvalue weighted by Gasteiger charge is 2.12. The summed E-state index contributed by atoms with van der Waals surface area (Å²) in [6.07, 6.45) is 3.59. The van der Waals surface area contributed by atoms with Crippen molar-refractivity contribution in [2.24, 2.45) is 0 Å². The number of carbonyl (C=O) groups excluding carboxylic acids is 2. The van der Waals surface area contributed by atoms with Gasteiger partial charge in [0.2, 0.25) is 5.91 Å². The van der Waals surface area contributed by atoms with E-state index in [1.165, 1.54) is 18.9 Å². The Balaban J connectivity index is 1.65. The number of aryl methyl sites for hydroxylation is 1. The van der Waals surface area contributed by atoms with Crippen molar-refractivity contribution in [2.75, 3.05) is 18.2 Å². The molecule has 2 aromatic carbocycles. The molecule has 0 bridgehead atoms. The van der Waals surface area contributed by atoms with Crippen molar-refractivity contribution in [3.8, 4) is 5.69 Å². The smallest absolute Gasteiger partial charge is 0.337 e. The number of para-hydroxylation sites is 1. The van der Waals surface area contributed by atoms with E-state index in [0.29, 0.717) is 11.3 Å². The number of rotatable bonds is 6. The van der Waals surface area contributed by atoms with Gasteiger partial charge in [0.1, 0.15) is 0 Å². The molecule has 1 heterocycles. The van der Waals surface area contributed by atoms with E-state index >= 15 is 0 Å². The minimum absolute atomic E-state index is 0.179. The van der Waals surface area contributed by atoms with Gasteiger partial charge in [-0.15, -0.1) is 0 Å². The van der Waals surface area contributed by atoms with Gasteiger partial charge in [0.05, 0.1) is 24.1 Å². The van der Waals surface area contributed by atoms with Crippen LogP contribution < -0.4 is 5.32 Å². The van der Waals surface area contributed by atoms with Gasteiger partial charge >= 0.3 is 5.97 Å². The number of esters is 1. The van der Waals surface area contributed by atoms with Crippen LogP contribution in [0.25, 0.3) is 5.69 Å². The highest BCUT2D eigenvalue weighted by Crippen LogP contribution is 2.23. The molecular formula is C20H19N3O3S. The molecule has 0 spiro atoms. The number of carbonyl (C=O) groups is 2. The van der Waals surface area contributed by atoms with E-state index in [1.807, 2.05) is 42.0 Å². The van der Waals surface area contributed by atoms with Crippen LogP contribution in [0.5, 0.6) is 0 Å². The van der Waals surface area contributed by atoms with Gasteiger partial charge in [-0.25, -0.2) is 9.78 Å². The molecule has 0 saturated carbocycles. The number of amides is 1. The van der Waals surface area contributed by atoms with Crippen molar-refractivity contribution in [2.45, 2.75) is 12.1 Å². The number of hydrogen-bond acceptors (Lipinski definition) is 5. The van der Waals surface area contributed by atoms with Crippen molar-refractivity contribution in [1.82, 2.24) is 9.55 Å². The van der Waals surface area contributed by atoms with Crippen LogP contribution >= 0.6 is 11.8 Å². The highest BCUT2D eigenvalue weighted by molar-refractivity contribution is 7.99. The van der Waals surface area contributed by atoms with E-state index in [4.69, 9.17) is 4.74 Å². The standard InChI is InChI=1S/C20H19N3O3S/c1-14-6-3-4-9-17(14)23-11-10-21-20(23)27-13-18(24)22-16-8-5-7-15(12-16)19(25)26-2/h3-12H,13H2,1-2H3,(H,22,24). The average Bonchev–Trinajstić information content (AvgIpc) is 3.14. The Morgan fingerprint density at radius 1 is 1.19 bits per heavy atom. The molecule has 1 amide bonds. The number of nitrogens with zero attached hydrogens (tertiary/aromatic N) is 2. The lowest BCUT2D eigenvalue weighted by atomic mass is 10.2. The van der Waals surface area contributed by atoms with Gasteiger partial charge < -0.3 is 10.1 Å². The molecule has 3 aromatic rings. The van der Waals surface area contributed by atoms with Gasteiger partial charge in [-0.3, -0.25) is 9.36 Å².